The van der Waals surface area contributed by atoms with E-state index in [4.69, 9.17) is 0 Å². The van der Waals surface area contributed by atoms with Gasteiger partial charge in [-0.1, -0.05) is 6.07 Å². The molecule has 0 amide bonds. The van der Waals surface area contributed by atoms with Crippen LogP contribution in [0.2, 0.25) is 0 Å². The van der Waals surface area contributed by atoms with E-state index in [1.165, 1.54) is 18.2 Å². The van der Waals surface area contributed by atoms with Gasteiger partial charge in [0.2, 0.25) is 0 Å². The van der Waals surface area contributed by atoms with Crippen molar-refractivity contribution in [3.63, 3.8) is 0 Å². The summed E-state index contributed by atoms with van der Waals surface area (Å²) >= 11 is 0. The first-order valence-electron chi connectivity index (χ1n) is 7.08. The lowest BCUT2D eigenvalue weighted by atomic mass is 9.84. The zero-order valence-corrected chi connectivity index (χ0v) is 11.3. The minimum absolute atomic E-state index is 0.0542. The Bertz CT molecular complexity index is 714. The minimum atomic E-state index is -0.635. The Hall–Kier alpha value is -1.88. The maximum Gasteiger partial charge on any atom is 0.135 e. The van der Waals surface area contributed by atoms with Crippen molar-refractivity contribution in [3.8, 4) is 11.3 Å². The molecule has 108 valence electrons. The van der Waals surface area contributed by atoms with Crippen molar-refractivity contribution in [1.29, 1.82) is 0 Å². The molecule has 0 radical (unpaired) electrons. The number of benzene rings is 1. The molecule has 2 atom stereocenters. The number of rotatable bonds is 2. The monoisotopic (exact) mass is 288 g/mol. The van der Waals surface area contributed by atoms with Crippen molar-refractivity contribution >= 4 is 0 Å². The van der Waals surface area contributed by atoms with Crippen LogP contribution in [0.5, 0.6) is 0 Å². The van der Waals surface area contributed by atoms with Crippen molar-refractivity contribution in [1.82, 2.24) is 10.2 Å². The molecule has 1 aromatic heterocycles. The largest absolute Gasteiger partial charge is 0.395 e. The molecule has 0 aliphatic heterocycles. The molecule has 0 saturated heterocycles. The van der Waals surface area contributed by atoms with E-state index in [1.807, 2.05) is 0 Å². The quantitative estimate of drug-likeness (QED) is 0.924. The van der Waals surface area contributed by atoms with Crippen LogP contribution < -0.4 is 0 Å². The van der Waals surface area contributed by atoms with Crippen LogP contribution >= 0.6 is 0 Å². The van der Waals surface area contributed by atoms with Gasteiger partial charge in [-0.15, -0.1) is 0 Å². The van der Waals surface area contributed by atoms with Crippen molar-refractivity contribution in [2.75, 3.05) is 6.61 Å². The fourth-order valence-corrected chi connectivity index (χ4v) is 3.82. The lowest BCUT2D eigenvalue weighted by Gasteiger charge is -2.24. The summed E-state index contributed by atoms with van der Waals surface area (Å²) < 4.78 is 27.7. The highest BCUT2D eigenvalue weighted by atomic mass is 19.1. The average molecular weight is 288 g/mol. The Labute approximate surface area is 120 Å². The molecule has 1 saturated carbocycles. The smallest absolute Gasteiger partial charge is 0.135 e. The predicted molar refractivity (Wildman–Crippen MR) is 72.7 cm³/mol. The summed E-state index contributed by atoms with van der Waals surface area (Å²) in [4.78, 5) is 0. The second-order valence-electron chi connectivity index (χ2n) is 6.01. The second-order valence-corrected chi connectivity index (χ2v) is 6.01. The fourth-order valence-electron chi connectivity index (χ4n) is 3.82. The number of hydrogen-bond donors (Lipinski definition) is 1. The Balaban J connectivity index is 1.87. The number of aliphatic hydroxyl groups excluding tert-OH is 1. The first-order chi connectivity index (χ1) is 10.1. The molecule has 1 fully saturated rings. The summed E-state index contributed by atoms with van der Waals surface area (Å²) in [5.41, 5.74) is 1.60. The molecule has 1 aromatic carbocycles. The van der Waals surface area contributed by atoms with Crippen LogP contribution in [0.3, 0.4) is 0 Å². The highest BCUT2D eigenvalue weighted by Crippen LogP contribution is 2.56. The molecule has 5 heteroatoms. The van der Waals surface area contributed by atoms with Crippen LogP contribution in [-0.2, 0) is 5.41 Å². The van der Waals surface area contributed by atoms with Gasteiger partial charge in [0.25, 0.3) is 0 Å². The highest BCUT2D eigenvalue weighted by molar-refractivity contribution is 5.62. The van der Waals surface area contributed by atoms with E-state index < -0.39 is 11.6 Å². The summed E-state index contributed by atoms with van der Waals surface area (Å²) in [7, 11) is 0. The molecule has 1 heterocycles. The van der Waals surface area contributed by atoms with Crippen LogP contribution in [0.1, 0.15) is 36.4 Å². The van der Waals surface area contributed by atoms with Gasteiger partial charge >= 0.3 is 0 Å². The summed E-state index contributed by atoms with van der Waals surface area (Å²) in [6.45, 7) is 0.0542. The normalized spacial score (nSPS) is 26.1. The first-order valence-corrected chi connectivity index (χ1v) is 7.08. The Kier molecular flexibility index (Phi) is 2.63. The van der Waals surface area contributed by atoms with Gasteiger partial charge in [0.05, 0.1) is 23.6 Å². The van der Waals surface area contributed by atoms with Gasteiger partial charge in [-0.2, -0.15) is 10.2 Å². The number of nitrogens with zero attached hydrogens (tertiary/aromatic N) is 2. The van der Waals surface area contributed by atoms with Crippen LogP contribution in [-0.4, -0.2) is 21.9 Å². The van der Waals surface area contributed by atoms with Gasteiger partial charge < -0.3 is 5.11 Å². The van der Waals surface area contributed by atoms with Crippen LogP contribution in [0.15, 0.2) is 24.3 Å². The van der Waals surface area contributed by atoms with E-state index in [0.717, 1.165) is 30.5 Å². The zero-order chi connectivity index (χ0) is 14.6. The molecule has 0 unspecified atom stereocenters. The van der Waals surface area contributed by atoms with E-state index in [9.17, 15) is 13.9 Å². The van der Waals surface area contributed by atoms with Crippen molar-refractivity contribution in [2.24, 2.45) is 0 Å². The molecule has 4 rings (SSSR count). The second kappa shape index (κ2) is 4.31. The van der Waals surface area contributed by atoms with Crippen molar-refractivity contribution < 1.29 is 13.9 Å². The molecular weight excluding hydrogens is 274 g/mol. The molecule has 2 bridgehead atoms. The standard InChI is InChI=1S/C16H14F2N2O/c17-11-2-1-3-12(18)14(11)13-6-10-9-4-5-16(7-9,8-21)15(10)20-19-13/h1-3,6,9,21H,4-5,7-8H2/t9-,16+/m1/s1. The number of halogens is 2. The van der Waals surface area contributed by atoms with Crippen LogP contribution in [0, 0.1) is 11.6 Å². The Morgan fingerprint density at radius 1 is 1.24 bits per heavy atom. The molecule has 2 aliphatic rings. The van der Waals surface area contributed by atoms with E-state index in [1.54, 1.807) is 6.07 Å². The van der Waals surface area contributed by atoms with E-state index >= 15 is 0 Å². The number of hydrogen-bond acceptors (Lipinski definition) is 3. The van der Waals surface area contributed by atoms with Crippen LogP contribution in [0.25, 0.3) is 11.3 Å². The molecule has 1 N–H and O–H groups in total. The summed E-state index contributed by atoms with van der Waals surface area (Å²) in [5.74, 6) is -0.954. The third-order valence-corrected chi connectivity index (χ3v) is 4.90. The lowest BCUT2D eigenvalue weighted by Crippen LogP contribution is -2.27. The van der Waals surface area contributed by atoms with Gasteiger partial charge in [0.1, 0.15) is 11.6 Å². The third-order valence-electron chi connectivity index (χ3n) is 4.90. The molecule has 2 aliphatic carbocycles. The Morgan fingerprint density at radius 3 is 2.71 bits per heavy atom. The maximum absolute atomic E-state index is 13.9. The SMILES string of the molecule is OC[C@]12CC[C@H](C1)c1cc(-c3c(F)cccc3F)nnc12. The third kappa shape index (κ3) is 1.67. The molecular formula is C16H14F2N2O. The van der Waals surface area contributed by atoms with Crippen molar-refractivity contribution in [2.45, 2.75) is 30.6 Å². The first kappa shape index (κ1) is 12.8. The van der Waals surface area contributed by atoms with Gasteiger partial charge in [0, 0.05) is 5.41 Å². The number of aromatic nitrogens is 2. The number of fused-ring (bicyclic) bond motifs is 5. The maximum atomic E-state index is 13.9. The van der Waals surface area contributed by atoms with E-state index in [-0.39, 0.29) is 23.3 Å². The van der Waals surface area contributed by atoms with Crippen LogP contribution in [0.4, 0.5) is 8.78 Å². The molecule has 3 nitrogen and oxygen atoms in total. The van der Waals surface area contributed by atoms with Gasteiger partial charge in [-0.05, 0) is 48.9 Å². The molecule has 0 spiro atoms. The minimum Gasteiger partial charge on any atom is -0.395 e. The zero-order valence-electron chi connectivity index (χ0n) is 11.3. The summed E-state index contributed by atoms with van der Waals surface area (Å²) in [5, 5.41) is 17.9. The fraction of sp³-hybridized carbons (Fsp3) is 0.375. The molecule has 21 heavy (non-hydrogen) atoms. The highest BCUT2D eigenvalue weighted by Gasteiger charge is 2.50. The predicted octanol–water partition coefficient (Wildman–Crippen LogP) is 2.93. The van der Waals surface area contributed by atoms with Gasteiger partial charge in [-0.3, -0.25) is 0 Å². The summed E-state index contributed by atoms with van der Waals surface area (Å²) in [6.07, 6.45) is 2.75. The Morgan fingerprint density at radius 2 is 2.00 bits per heavy atom. The van der Waals surface area contributed by atoms with Gasteiger partial charge in [-0.25, -0.2) is 8.78 Å². The summed E-state index contributed by atoms with van der Waals surface area (Å²) in [6, 6.07) is 5.51. The lowest BCUT2D eigenvalue weighted by molar-refractivity contribution is 0.195. The average Bonchev–Trinajstić information content (AvgIpc) is 3.05. The number of aliphatic hydroxyl groups is 1. The van der Waals surface area contributed by atoms with Gasteiger partial charge in [0.15, 0.2) is 0 Å². The molecule has 2 aromatic rings. The van der Waals surface area contributed by atoms with E-state index in [2.05, 4.69) is 10.2 Å². The van der Waals surface area contributed by atoms with E-state index in [0.29, 0.717) is 5.92 Å². The van der Waals surface area contributed by atoms with Crippen molar-refractivity contribution in [3.05, 3.63) is 47.2 Å². The topological polar surface area (TPSA) is 46.0 Å².